The van der Waals surface area contributed by atoms with Gasteiger partial charge < -0.3 is 9.47 Å². The van der Waals surface area contributed by atoms with E-state index in [-0.39, 0.29) is 17.0 Å². The second-order valence-corrected chi connectivity index (χ2v) is 6.61. The van der Waals surface area contributed by atoms with E-state index < -0.39 is 24.2 Å². The molecule has 0 aliphatic carbocycles. The highest BCUT2D eigenvalue weighted by atomic mass is 32.1. The maximum atomic E-state index is 13.4. The van der Waals surface area contributed by atoms with Crippen LogP contribution in [-0.2, 0) is 4.74 Å². The number of hydrogen-bond donors (Lipinski definition) is 0. The first kappa shape index (κ1) is 18.7. The molecular weight excluding hydrogens is 369 g/mol. The zero-order valence-corrected chi connectivity index (χ0v) is 15.5. The highest BCUT2D eigenvalue weighted by Gasteiger charge is 2.18. The molecule has 1 aromatic heterocycles. The number of methoxy groups -OCH3 is 1. The number of aryl methyl sites for hydroxylation is 1. The predicted molar refractivity (Wildman–Crippen MR) is 99.9 cm³/mol. The molecule has 0 amide bonds. The summed E-state index contributed by atoms with van der Waals surface area (Å²) in [6.07, 6.45) is 0. The van der Waals surface area contributed by atoms with Crippen LogP contribution in [0.15, 0.2) is 47.8 Å². The number of halogens is 1. The molecule has 1 heterocycles. The van der Waals surface area contributed by atoms with E-state index in [1.807, 2.05) is 31.2 Å². The van der Waals surface area contributed by atoms with Crippen LogP contribution in [0.3, 0.4) is 0 Å². The summed E-state index contributed by atoms with van der Waals surface area (Å²) in [5, 5.41) is 2.25. The van der Waals surface area contributed by atoms with Gasteiger partial charge in [-0.25, -0.2) is 14.2 Å². The van der Waals surface area contributed by atoms with Crippen molar-refractivity contribution in [3.63, 3.8) is 0 Å². The van der Waals surface area contributed by atoms with E-state index in [1.165, 1.54) is 30.6 Å². The molecule has 0 spiro atoms. The highest BCUT2D eigenvalue weighted by Crippen LogP contribution is 2.24. The lowest BCUT2D eigenvalue weighted by molar-refractivity contribution is 0.0469. The zero-order valence-electron chi connectivity index (χ0n) is 14.7. The number of thiazole rings is 1. The van der Waals surface area contributed by atoms with Gasteiger partial charge in [-0.2, -0.15) is 0 Å². The lowest BCUT2D eigenvalue weighted by atomic mass is 10.1. The molecule has 0 N–H and O–H groups in total. The topological polar surface area (TPSA) is 65.5 Å². The van der Waals surface area contributed by atoms with Crippen molar-refractivity contribution in [1.29, 1.82) is 0 Å². The minimum absolute atomic E-state index is 0.0175. The number of hydrogen-bond acceptors (Lipinski definition) is 6. The lowest BCUT2D eigenvalue weighted by Crippen LogP contribution is -2.15. The summed E-state index contributed by atoms with van der Waals surface area (Å²) >= 11 is 1.31. The van der Waals surface area contributed by atoms with Crippen LogP contribution in [-0.4, -0.2) is 30.5 Å². The third kappa shape index (κ3) is 4.38. The van der Waals surface area contributed by atoms with Crippen LogP contribution in [0.1, 0.15) is 26.4 Å². The lowest BCUT2D eigenvalue weighted by Gasteiger charge is -2.08. The number of carbonyl (C=O) groups excluding carboxylic acids is 2. The van der Waals surface area contributed by atoms with Crippen LogP contribution < -0.4 is 4.74 Å². The molecule has 7 heteroatoms. The molecule has 0 saturated carbocycles. The monoisotopic (exact) mass is 385 g/mol. The Balaban J connectivity index is 1.67. The maximum absolute atomic E-state index is 13.4. The van der Waals surface area contributed by atoms with Gasteiger partial charge in [0.05, 0.1) is 12.7 Å². The SMILES string of the molecule is COc1ccc(F)cc1C(=O)COC(=O)c1csc(-c2ccc(C)cc2)n1. The van der Waals surface area contributed by atoms with Crippen LogP contribution in [0, 0.1) is 12.7 Å². The van der Waals surface area contributed by atoms with Crippen LogP contribution in [0.25, 0.3) is 10.6 Å². The summed E-state index contributed by atoms with van der Waals surface area (Å²) in [7, 11) is 1.37. The Kier molecular flexibility index (Phi) is 5.61. The zero-order chi connectivity index (χ0) is 19.4. The van der Waals surface area contributed by atoms with Crippen molar-refractivity contribution < 1.29 is 23.5 Å². The quantitative estimate of drug-likeness (QED) is 0.467. The third-order valence-electron chi connectivity index (χ3n) is 3.81. The number of aromatic nitrogens is 1. The second kappa shape index (κ2) is 8.09. The van der Waals surface area contributed by atoms with E-state index in [4.69, 9.17) is 9.47 Å². The molecular formula is C20H16FNO4S. The Morgan fingerprint density at radius 1 is 1.15 bits per heavy atom. The van der Waals surface area contributed by atoms with Gasteiger partial charge in [-0.1, -0.05) is 29.8 Å². The van der Waals surface area contributed by atoms with Crippen molar-refractivity contribution in [2.75, 3.05) is 13.7 Å². The minimum atomic E-state index is -0.715. The maximum Gasteiger partial charge on any atom is 0.358 e. The molecule has 0 saturated heterocycles. The van der Waals surface area contributed by atoms with Crippen molar-refractivity contribution in [3.05, 3.63) is 70.5 Å². The number of ether oxygens (including phenoxy) is 2. The average Bonchev–Trinajstić information content (AvgIpc) is 3.16. The minimum Gasteiger partial charge on any atom is -0.496 e. The van der Waals surface area contributed by atoms with E-state index in [9.17, 15) is 14.0 Å². The molecule has 3 aromatic rings. The number of benzene rings is 2. The Labute approximate surface area is 159 Å². The molecule has 0 aliphatic heterocycles. The van der Waals surface area contributed by atoms with Crippen molar-refractivity contribution in [3.8, 4) is 16.3 Å². The van der Waals surface area contributed by atoms with Crippen LogP contribution in [0.4, 0.5) is 4.39 Å². The fraction of sp³-hybridized carbons (Fsp3) is 0.150. The van der Waals surface area contributed by atoms with E-state index >= 15 is 0 Å². The van der Waals surface area contributed by atoms with Gasteiger partial charge in [0.25, 0.3) is 0 Å². The number of esters is 1. The molecule has 5 nitrogen and oxygen atoms in total. The highest BCUT2D eigenvalue weighted by molar-refractivity contribution is 7.13. The second-order valence-electron chi connectivity index (χ2n) is 5.75. The molecule has 2 aromatic carbocycles. The van der Waals surface area contributed by atoms with Gasteiger partial charge in [0.1, 0.15) is 16.6 Å². The summed E-state index contributed by atoms with van der Waals surface area (Å²) in [5.41, 5.74) is 2.16. The van der Waals surface area contributed by atoms with Gasteiger partial charge in [0.15, 0.2) is 12.3 Å². The summed E-state index contributed by atoms with van der Waals surface area (Å²) in [6, 6.07) is 11.3. The number of carbonyl (C=O) groups is 2. The summed E-state index contributed by atoms with van der Waals surface area (Å²) in [4.78, 5) is 28.7. The molecule has 0 aliphatic rings. The van der Waals surface area contributed by atoms with Crippen LogP contribution >= 0.6 is 11.3 Å². The number of ketones is 1. The largest absolute Gasteiger partial charge is 0.496 e. The van der Waals surface area contributed by atoms with Crippen LogP contribution in [0.2, 0.25) is 0 Å². The molecule has 0 fully saturated rings. The van der Waals surface area contributed by atoms with E-state index in [0.717, 1.165) is 17.2 Å². The average molecular weight is 385 g/mol. The Bertz CT molecular complexity index is 982. The van der Waals surface area contributed by atoms with Crippen molar-refractivity contribution >= 4 is 23.1 Å². The number of rotatable bonds is 6. The smallest absolute Gasteiger partial charge is 0.358 e. The molecule has 138 valence electrons. The predicted octanol–water partition coefficient (Wildman–Crippen LogP) is 4.31. The first-order chi connectivity index (χ1) is 13.0. The molecule has 3 rings (SSSR count). The van der Waals surface area contributed by atoms with E-state index in [2.05, 4.69) is 4.98 Å². The van der Waals surface area contributed by atoms with Gasteiger partial charge in [0.2, 0.25) is 5.78 Å². The third-order valence-corrected chi connectivity index (χ3v) is 4.70. The Morgan fingerprint density at radius 2 is 1.89 bits per heavy atom. The van der Waals surface area contributed by atoms with Gasteiger partial charge in [-0.15, -0.1) is 11.3 Å². The molecule has 0 atom stereocenters. The molecule has 0 bridgehead atoms. The first-order valence-corrected chi connectivity index (χ1v) is 8.92. The Morgan fingerprint density at radius 3 is 2.59 bits per heavy atom. The van der Waals surface area contributed by atoms with E-state index in [0.29, 0.717) is 5.01 Å². The summed E-state index contributed by atoms with van der Waals surface area (Å²) in [6.45, 7) is 1.45. The molecule has 0 radical (unpaired) electrons. The van der Waals surface area contributed by atoms with Gasteiger partial charge in [0, 0.05) is 10.9 Å². The Hall–Kier alpha value is -3.06. The summed E-state index contributed by atoms with van der Waals surface area (Å²) < 4.78 is 23.4. The normalized spacial score (nSPS) is 10.5. The fourth-order valence-corrected chi connectivity index (χ4v) is 3.17. The van der Waals surface area contributed by atoms with Gasteiger partial charge in [-0.3, -0.25) is 4.79 Å². The van der Waals surface area contributed by atoms with Crippen molar-refractivity contribution in [1.82, 2.24) is 4.98 Å². The van der Waals surface area contributed by atoms with Gasteiger partial charge >= 0.3 is 5.97 Å². The van der Waals surface area contributed by atoms with Crippen molar-refractivity contribution in [2.24, 2.45) is 0 Å². The van der Waals surface area contributed by atoms with Crippen molar-refractivity contribution in [2.45, 2.75) is 6.92 Å². The summed E-state index contributed by atoms with van der Waals surface area (Å²) in [5.74, 6) is -1.64. The number of Topliss-reactive ketones (excluding diaryl/α,β-unsaturated/α-hetero) is 1. The van der Waals surface area contributed by atoms with E-state index in [1.54, 1.807) is 5.38 Å². The molecule has 27 heavy (non-hydrogen) atoms. The van der Waals surface area contributed by atoms with Crippen LogP contribution in [0.5, 0.6) is 5.75 Å². The fourth-order valence-electron chi connectivity index (χ4n) is 2.38. The van der Waals surface area contributed by atoms with Gasteiger partial charge in [-0.05, 0) is 25.1 Å². The number of nitrogens with zero attached hydrogens (tertiary/aromatic N) is 1. The first-order valence-electron chi connectivity index (χ1n) is 8.04. The standard InChI is InChI=1S/C20H16FNO4S/c1-12-3-5-13(6-4-12)19-22-16(11-27-19)20(24)26-10-17(23)15-9-14(21)7-8-18(15)25-2/h3-9,11H,10H2,1-2H3. The molecule has 0 unspecified atom stereocenters.